The normalized spacial score (nSPS) is 12.3. The molecule has 1 unspecified atom stereocenters. The average Bonchev–Trinajstić information content (AvgIpc) is 2.85. The topological polar surface area (TPSA) is 63.6 Å². The van der Waals surface area contributed by atoms with E-state index in [-0.39, 0.29) is 18.5 Å². The predicted molar refractivity (Wildman–Crippen MR) is 153 cm³/mol. The number of hydrogen-bond acceptors (Lipinski definition) is 3. The molecule has 0 aromatic heterocycles. The van der Waals surface area contributed by atoms with Gasteiger partial charge in [0.1, 0.15) is 6.10 Å². The molecule has 1 atom stereocenters. The van der Waals surface area contributed by atoms with E-state index in [1.54, 1.807) is 0 Å². The number of carboxylic acids is 1. The van der Waals surface area contributed by atoms with Gasteiger partial charge in [0.25, 0.3) is 0 Å². The van der Waals surface area contributed by atoms with E-state index >= 15 is 0 Å². The van der Waals surface area contributed by atoms with Crippen molar-refractivity contribution in [1.82, 2.24) is 0 Å². The van der Waals surface area contributed by atoms with Crippen molar-refractivity contribution in [3.05, 3.63) is 12.2 Å². The molecule has 0 aliphatic rings. The fourth-order valence-electron chi connectivity index (χ4n) is 4.66. The molecule has 0 radical (unpaired) electrons. The Morgan fingerprint density at radius 3 is 1.58 bits per heavy atom. The van der Waals surface area contributed by atoms with Gasteiger partial charge in [-0.25, -0.2) is 0 Å². The maximum absolute atomic E-state index is 12.4. The van der Waals surface area contributed by atoms with E-state index in [1.807, 2.05) is 0 Å². The zero-order valence-corrected chi connectivity index (χ0v) is 24.1. The number of aliphatic carboxylic acids is 1. The van der Waals surface area contributed by atoms with Crippen molar-refractivity contribution >= 4 is 11.9 Å². The fraction of sp³-hybridized carbons (Fsp3) is 0.875. The second-order valence-corrected chi connectivity index (χ2v) is 10.6. The van der Waals surface area contributed by atoms with Crippen LogP contribution < -0.4 is 0 Å². The van der Waals surface area contributed by atoms with Gasteiger partial charge in [-0.3, -0.25) is 9.59 Å². The predicted octanol–water partition coefficient (Wildman–Crippen LogP) is 10.3. The Balaban J connectivity index is 3.87. The molecule has 212 valence electrons. The highest BCUT2D eigenvalue weighted by molar-refractivity contribution is 5.69. The summed E-state index contributed by atoms with van der Waals surface area (Å²) < 4.78 is 5.77. The van der Waals surface area contributed by atoms with Gasteiger partial charge in [0.05, 0.1) is 0 Å². The van der Waals surface area contributed by atoms with Crippen LogP contribution in [0.25, 0.3) is 0 Å². The van der Waals surface area contributed by atoms with Gasteiger partial charge in [-0.15, -0.1) is 0 Å². The van der Waals surface area contributed by atoms with E-state index < -0.39 is 5.97 Å². The summed E-state index contributed by atoms with van der Waals surface area (Å²) in [6.45, 7) is 4.50. The minimum Gasteiger partial charge on any atom is -0.481 e. The molecule has 4 heteroatoms. The highest BCUT2D eigenvalue weighted by Gasteiger charge is 2.15. The van der Waals surface area contributed by atoms with Crippen LogP contribution in [0.4, 0.5) is 0 Å². The Hall–Kier alpha value is -1.32. The Bertz CT molecular complexity index is 514. The fourth-order valence-corrected chi connectivity index (χ4v) is 4.66. The number of carbonyl (C=O) groups is 2. The van der Waals surface area contributed by atoms with Crippen molar-refractivity contribution in [3.63, 3.8) is 0 Å². The zero-order chi connectivity index (χ0) is 26.5. The van der Waals surface area contributed by atoms with Crippen LogP contribution in [0.15, 0.2) is 12.2 Å². The van der Waals surface area contributed by atoms with Crippen molar-refractivity contribution < 1.29 is 19.4 Å². The molecular formula is C32H60O4. The molecule has 0 rings (SSSR count). The number of ether oxygens (including phenoxy) is 1. The molecule has 0 bridgehead atoms. The van der Waals surface area contributed by atoms with Gasteiger partial charge in [-0.2, -0.15) is 0 Å². The summed E-state index contributed by atoms with van der Waals surface area (Å²) in [4.78, 5) is 23.2. The van der Waals surface area contributed by atoms with E-state index in [4.69, 9.17) is 9.84 Å². The lowest BCUT2D eigenvalue weighted by molar-refractivity contribution is -0.150. The van der Waals surface area contributed by atoms with Gasteiger partial charge < -0.3 is 9.84 Å². The molecule has 0 aliphatic carbocycles. The first-order chi connectivity index (χ1) is 17.6. The summed E-state index contributed by atoms with van der Waals surface area (Å²) in [6, 6.07) is 0. The van der Waals surface area contributed by atoms with Crippen LogP contribution in [-0.4, -0.2) is 23.1 Å². The number of carboxylic acid groups (broad SMARTS) is 1. The van der Waals surface area contributed by atoms with Crippen LogP contribution in [0.1, 0.15) is 174 Å². The third kappa shape index (κ3) is 27.3. The van der Waals surface area contributed by atoms with Crippen LogP contribution in [-0.2, 0) is 14.3 Å². The quantitative estimate of drug-likeness (QED) is 0.0648. The standard InChI is InChI=1S/C32H60O4/c1-3-5-7-9-11-13-14-15-16-18-20-22-24-29-32(35)36-30(27-25-28-31(33)34)26-23-21-19-17-12-10-8-6-4-2/h13-14,30H,3-12,15-29H2,1-2H3,(H,33,34)/b14-13-. The van der Waals surface area contributed by atoms with Crippen LogP contribution in [0, 0.1) is 0 Å². The van der Waals surface area contributed by atoms with Crippen LogP contribution in [0.2, 0.25) is 0 Å². The van der Waals surface area contributed by atoms with Crippen molar-refractivity contribution in [2.45, 2.75) is 180 Å². The molecule has 36 heavy (non-hydrogen) atoms. The first-order valence-corrected chi connectivity index (χ1v) is 15.7. The third-order valence-corrected chi connectivity index (χ3v) is 6.99. The van der Waals surface area contributed by atoms with Crippen molar-refractivity contribution in [3.8, 4) is 0 Å². The average molecular weight is 509 g/mol. The summed E-state index contributed by atoms with van der Waals surface area (Å²) in [5.74, 6) is -0.872. The van der Waals surface area contributed by atoms with Crippen LogP contribution in [0.5, 0.6) is 0 Å². The maximum Gasteiger partial charge on any atom is 0.306 e. The number of unbranched alkanes of at least 4 members (excludes halogenated alkanes) is 17. The molecule has 0 saturated carbocycles. The van der Waals surface area contributed by atoms with Gasteiger partial charge in [0.15, 0.2) is 0 Å². The van der Waals surface area contributed by atoms with E-state index in [2.05, 4.69) is 26.0 Å². The lowest BCUT2D eigenvalue weighted by atomic mass is 10.0. The molecule has 0 heterocycles. The number of esters is 1. The minimum absolute atomic E-state index is 0.0998. The Labute approximate surface area is 224 Å². The summed E-state index contributed by atoms with van der Waals surface area (Å²) >= 11 is 0. The Morgan fingerprint density at radius 2 is 1.03 bits per heavy atom. The largest absolute Gasteiger partial charge is 0.481 e. The zero-order valence-electron chi connectivity index (χ0n) is 24.1. The number of carbonyl (C=O) groups excluding carboxylic acids is 1. The second kappa shape index (κ2) is 28.3. The van der Waals surface area contributed by atoms with Gasteiger partial charge >= 0.3 is 11.9 Å². The summed E-state index contributed by atoms with van der Waals surface area (Å²) in [6.07, 6.45) is 32.1. The minimum atomic E-state index is -0.773. The van der Waals surface area contributed by atoms with Gasteiger partial charge in [0.2, 0.25) is 0 Å². The van der Waals surface area contributed by atoms with Crippen LogP contribution in [0.3, 0.4) is 0 Å². The molecule has 0 aliphatic heterocycles. The van der Waals surface area contributed by atoms with Gasteiger partial charge in [0, 0.05) is 12.8 Å². The highest BCUT2D eigenvalue weighted by Crippen LogP contribution is 2.17. The maximum atomic E-state index is 12.4. The molecule has 1 N–H and O–H groups in total. The van der Waals surface area contributed by atoms with E-state index in [0.717, 1.165) is 25.7 Å². The molecular weight excluding hydrogens is 448 g/mol. The van der Waals surface area contributed by atoms with Crippen molar-refractivity contribution in [1.29, 1.82) is 0 Å². The summed E-state index contributed by atoms with van der Waals surface area (Å²) in [7, 11) is 0. The summed E-state index contributed by atoms with van der Waals surface area (Å²) in [5.41, 5.74) is 0. The highest BCUT2D eigenvalue weighted by atomic mass is 16.5. The van der Waals surface area contributed by atoms with E-state index in [0.29, 0.717) is 19.3 Å². The molecule has 0 fully saturated rings. The number of allylic oxidation sites excluding steroid dienone is 2. The van der Waals surface area contributed by atoms with Gasteiger partial charge in [-0.1, -0.05) is 116 Å². The number of rotatable bonds is 28. The Morgan fingerprint density at radius 1 is 0.583 bits per heavy atom. The van der Waals surface area contributed by atoms with Crippen molar-refractivity contribution in [2.75, 3.05) is 0 Å². The lowest BCUT2D eigenvalue weighted by Gasteiger charge is -2.18. The molecule has 0 spiro atoms. The van der Waals surface area contributed by atoms with Crippen LogP contribution >= 0.6 is 0 Å². The molecule has 0 aromatic carbocycles. The smallest absolute Gasteiger partial charge is 0.306 e. The first kappa shape index (κ1) is 34.7. The van der Waals surface area contributed by atoms with Crippen molar-refractivity contribution in [2.24, 2.45) is 0 Å². The molecule has 0 saturated heterocycles. The molecule has 0 aromatic rings. The van der Waals surface area contributed by atoms with E-state index in [9.17, 15) is 9.59 Å². The third-order valence-electron chi connectivity index (χ3n) is 6.99. The number of hydrogen-bond donors (Lipinski definition) is 1. The molecule has 4 nitrogen and oxygen atoms in total. The lowest BCUT2D eigenvalue weighted by Crippen LogP contribution is -2.18. The SMILES string of the molecule is CCCCCC/C=C\CCCCCCCC(=O)OC(CCCCCCCCCCC)CCCC(=O)O. The van der Waals surface area contributed by atoms with Gasteiger partial charge in [-0.05, 0) is 57.8 Å². The van der Waals surface area contributed by atoms with E-state index in [1.165, 1.54) is 109 Å². The molecule has 0 amide bonds. The monoisotopic (exact) mass is 508 g/mol. The summed E-state index contributed by atoms with van der Waals surface area (Å²) in [5, 5.41) is 8.93. The second-order valence-electron chi connectivity index (χ2n) is 10.6. The first-order valence-electron chi connectivity index (χ1n) is 15.7. The Kier molecular flexibility index (Phi) is 27.2.